The van der Waals surface area contributed by atoms with Crippen LogP contribution in [0.4, 0.5) is 0 Å². The molecular formula is C27H25NO3. The first kappa shape index (κ1) is 18.5. The van der Waals surface area contributed by atoms with Crippen LogP contribution in [0.2, 0.25) is 0 Å². The highest BCUT2D eigenvalue weighted by molar-refractivity contribution is 5.95. The maximum atomic E-state index is 13.0. The summed E-state index contributed by atoms with van der Waals surface area (Å²) in [4.78, 5) is 15.0. The molecule has 1 saturated heterocycles. The summed E-state index contributed by atoms with van der Waals surface area (Å²) in [5.41, 5.74) is 5.21. The number of carbonyl (C=O) groups excluding carboxylic acids is 1. The number of hydrogen-bond donors (Lipinski definition) is 0. The quantitative estimate of drug-likeness (QED) is 0.560. The second kappa shape index (κ2) is 7.16. The molecule has 0 N–H and O–H groups in total. The third-order valence-corrected chi connectivity index (χ3v) is 6.75. The van der Waals surface area contributed by atoms with Crippen molar-refractivity contribution in [2.75, 3.05) is 13.1 Å². The molecule has 3 aliphatic rings. The maximum Gasteiger partial charge on any atom is 0.306 e. The van der Waals surface area contributed by atoms with E-state index in [1.165, 1.54) is 17.5 Å². The zero-order chi connectivity index (χ0) is 20.8. The number of rotatable bonds is 1. The molecule has 0 bridgehead atoms. The van der Waals surface area contributed by atoms with Crippen molar-refractivity contribution in [3.05, 3.63) is 94.5 Å². The van der Waals surface area contributed by atoms with E-state index in [0.29, 0.717) is 17.1 Å². The largest absolute Gasteiger partial charge is 0.440 e. The van der Waals surface area contributed by atoms with E-state index in [1.807, 2.05) is 35.2 Å². The van der Waals surface area contributed by atoms with Gasteiger partial charge in [-0.2, -0.15) is 0 Å². The minimum atomic E-state index is -1.02. The molecule has 1 spiro atoms. The van der Waals surface area contributed by atoms with Crippen molar-refractivity contribution in [1.29, 1.82) is 0 Å². The third kappa shape index (κ3) is 2.93. The summed E-state index contributed by atoms with van der Waals surface area (Å²) in [5, 5.41) is 0. The highest BCUT2D eigenvalue weighted by Gasteiger charge is 2.49. The van der Waals surface area contributed by atoms with Crippen molar-refractivity contribution < 1.29 is 14.3 Å². The fraction of sp³-hybridized carbons (Fsp3) is 0.296. The Labute approximate surface area is 182 Å². The van der Waals surface area contributed by atoms with Crippen LogP contribution in [-0.4, -0.2) is 23.9 Å². The minimum absolute atomic E-state index is 0.0775. The summed E-state index contributed by atoms with van der Waals surface area (Å²) in [6.45, 7) is 1.66. The monoisotopic (exact) mass is 411 g/mol. The summed E-state index contributed by atoms with van der Waals surface area (Å²) in [6.07, 6.45) is 5.24. The van der Waals surface area contributed by atoms with Crippen LogP contribution in [0.1, 0.15) is 51.9 Å². The van der Waals surface area contributed by atoms with Crippen LogP contribution in [-0.2, 0) is 18.6 Å². The summed E-state index contributed by atoms with van der Waals surface area (Å²) < 4.78 is 13.3. The maximum absolute atomic E-state index is 13.0. The predicted molar refractivity (Wildman–Crippen MR) is 119 cm³/mol. The number of carbonyl (C=O) groups is 1. The molecule has 0 unspecified atom stereocenters. The average molecular weight is 412 g/mol. The number of fused-ring (bicyclic) bond motifs is 5. The molecule has 1 amide bonds. The van der Waals surface area contributed by atoms with Crippen LogP contribution in [0.3, 0.4) is 0 Å². The van der Waals surface area contributed by atoms with E-state index in [1.54, 1.807) is 0 Å². The van der Waals surface area contributed by atoms with Gasteiger partial charge in [-0.3, -0.25) is 4.79 Å². The zero-order valence-electron chi connectivity index (χ0n) is 17.5. The van der Waals surface area contributed by atoms with E-state index < -0.39 is 5.79 Å². The van der Waals surface area contributed by atoms with Crippen molar-refractivity contribution in [3.8, 4) is 11.5 Å². The third-order valence-electron chi connectivity index (χ3n) is 6.75. The normalized spacial score (nSPS) is 18.3. The standard InChI is InChI=1S/C27H25NO3/c29-26(28-16-6-1-7-17-28)21-14-15-24-25(18-21)31-27(30-24)22-10-4-2-8-19(22)12-13-20-9-3-5-11-23(20)27/h2-5,8-11,14-15,18H,1,6-7,12-13,16-17H2. The van der Waals surface area contributed by atoms with Crippen LogP contribution in [0, 0.1) is 0 Å². The highest BCUT2D eigenvalue weighted by Crippen LogP contribution is 2.50. The molecule has 31 heavy (non-hydrogen) atoms. The predicted octanol–water partition coefficient (Wildman–Crippen LogP) is 5.08. The fourth-order valence-electron chi connectivity index (χ4n) is 5.17. The van der Waals surface area contributed by atoms with Gasteiger partial charge in [0.15, 0.2) is 11.5 Å². The van der Waals surface area contributed by atoms with Gasteiger partial charge in [0.1, 0.15) is 0 Å². The van der Waals surface area contributed by atoms with Gasteiger partial charge >= 0.3 is 5.79 Å². The molecule has 4 nitrogen and oxygen atoms in total. The SMILES string of the molecule is O=C(c1ccc2c(c1)OC1(O2)c2ccccc2CCc2ccccc21)N1CCCCC1. The minimum Gasteiger partial charge on any atom is -0.440 e. The number of benzene rings is 3. The number of piperidine rings is 1. The molecule has 6 rings (SSSR count). The van der Waals surface area contributed by atoms with Crippen LogP contribution in [0.5, 0.6) is 11.5 Å². The zero-order valence-corrected chi connectivity index (χ0v) is 17.5. The van der Waals surface area contributed by atoms with E-state index in [4.69, 9.17) is 9.47 Å². The van der Waals surface area contributed by atoms with Gasteiger partial charge in [0.25, 0.3) is 5.91 Å². The molecule has 0 saturated carbocycles. The number of likely N-dealkylation sites (tertiary alicyclic amines) is 1. The van der Waals surface area contributed by atoms with E-state index in [9.17, 15) is 4.79 Å². The Bertz CT molecular complexity index is 1120. The van der Waals surface area contributed by atoms with E-state index >= 15 is 0 Å². The topological polar surface area (TPSA) is 38.8 Å². The summed E-state index contributed by atoms with van der Waals surface area (Å²) in [5.74, 6) is 0.378. The lowest BCUT2D eigenvalue weighted by Crippen LogP contribution is -2.37. The Morgan fingerprint density at radius 2 is 1.35 bits per heavy atom. The molecule has 0 radical (unpaired) electrons. The number of ether oxygens (including phenoxy) is 2. The van der Waals surface area contributed by atoms with Crippen LogP contribution in [0.25, 0.3) is 0 Å². The van der Waals surface area contributed by atoms with Gasteiger partial charge in [0.05, 0.1) is 0 Å². The number of amides is 1. The van der Waals surface area contributed by atoms with Gasteiger partial charge < -0.3 is 14.4 Å². The summed E-state index contributed by atoms with van der Waals surface area (Å²) >= 11 is 0. The summed E-state index contributed by atoms with van der Waals surface area (Å²) in [6, 6.07) is 22.3. The molecule has 2 aliphatic heterocycles. The number of hydrogen-bond acceptors (Lipinski definition) is 3. The van der Waals surface area contributed by atoms with Crippen molar-refractivity contribution in [2.24, 2.45) is 0 Å². The Morgan fingerprint density at radius 3 is 2.03 bits per heavy atom. The molecule has 1 fully saturated rings. The Kier molecular flexibility index (Phi) is 4.27. The fourth-order valence-corrected chi connectivity index (χ4v) is 5.17. The molecule has 3 aromatic rings. The molecule has 0 atom stereocenters. The smallest absolute Gasteiger partial charge is 0.306 e. The molecule has 2 heterocycles. The second-order valence-electron chi connectivity index (χ2n) is 8.65. The lowest BCUT2D eigenvalue weighted by atomic mass is 9.93. The molecule has 0 aromatic heterocycles. The van der Waals surface area contributed by atoms with E-state index in [0.717, 1.165) is 49.9 Å². The number of nitrogens with zero attached hydrogens (tertiary/aromatic N) is 1. The first-order valence-corrected chi connectivity index (χ1v) is 11.2. The van der Waals surface area contributed by atoms with Gasteiger partial charge in [-0.25, -0.2) is 0 Å². The summed E-state index contributed by atoms with van der Waals surface area (Å²) in [7, 11) is 0. The number of aryl methyl sites for hydroxylation is 2. The molecule has 4 heteroatoms. The van der Waals surface area contributed by atoms with Crippen molar-refractivity contribution >= 4 is 5.91 Å². The van der Waals surface area contributed by atoms with Gasteiger partial charge in [0, 0.05) is 29.8 Å². The first-order valence-electron chi connectivity index (χ1n) is 11.2. The lowest BCUT2D eigenvalue weighted by Gasteiger charge is -2.30. The second-order valence-corrected chi connectivity index (χ2v) is 8.65. The molecule has 1 aliphatic carbocycles. The van der Waals surface area contributed by atoms with Crippen LogP contribution in [0.15, 0.2) is 66.7 Å². The average Bonchev–Trinajstić information content (AvgIpc) is 3.16. The Morgan fingerprint density at radius 1 is 0.742 bits per heavy atom. The Balaban J connectivity index is 1.43. The molecule has 3 aromatic carbocycles. The Hall–Kier alpha value is -3.27. The van der Waals surface area contributed by atoms with Gasteiger partial charge in [-0.05, 0) is 61.4 Å². The van der Waals surface area contributed by atoms with E-state index in [2.05, 4.69) is 36.4 Å². The van der Waals surface area contributed by atoms with Gasteiger partial charge in [-0.15, -0.1) is 0 Å². The van der Waals surface area contributed by atoms with Crippen LogP contribution < -0.4 is 9.47 Å². The van der Waals surface area contributed by atoms with E-state index in [-0.39, 0.29) is 5.91 Å². The highest BCUT2D eigenvalue weighted by atomic mass is 16.7. The van der Waals surface area contributed by atoms with Crippen molar-refractivity contribution in [1.82, 2.24) is 4.90 Å². The van der Waals surface area contributed by atoms with Gasteiger partial charge in [-0.1, -0.05) is 48.5 Å². The van der Waals surface area contributed by atoms with Gasteiger partial charge in [0.2, 0.25) is 0 Å². The van der Waals surface area contributed by atoms with Crippen LogP contribution >= 0.6 is 0 Å². The van der Waals surface area contributed by atoms with Crippen molar-refractivity contribution in [3.63, 3.8) is 0 Å². The lowest BCUT2D eigenvalue weighted by molar-refractivity contribution is -0.0464. The first-order chi connectivity index (χ1) is 15.2. The molecular weight excluding hydrogens is 386 g/mol. The molecule has 156 valence electrons. The van der Waals surface area contributed by atoms with Crippen molar-refractivity contribution in [2.45, 2.75) is 37.9 Å².